The molecule has 1 N–H and O–H groups in total. The molecule has 10 nitrogen and oxygen atoms in total. The van der Waals surface area contributed by atoms with E-state index in [1.807, 2.05) is 70.6 Å². The SMILES string of the molecule is CC/C=C\C(O)C/C=C/C=C\C/C=C\C/C=C\CCCC(=O)OC[C@H](COP(=O)([O-])OCC[N+](C)(C)C)OC(C)=O. The summed E-state index contributed by atoms with van der Waals surface area (Å²) in [7, 11) is 1.08. The number of allylic oxidation sites excluding steroid dienone is 8. The number of ether oxygens (including phenoxy) is 2. The summed E-state index contributed by atoms with van der Waals surface area (Å²) in [6.45, 7) is 2.77. The minimum Gasteiger partial charge on any atom is -0.756 e. The zero-order chi connectivity index (χ0) is 31.0. The first kappa shape index (κ1) is 38.7. The molecule has 0 radical (unpaired) electrons. The van der Waals surface area contributed by atoms with Gasteiger partial charge in [-0.15, -0.1) is 0 Å². The number of quaternary nitrogens is 1. The van der Waals surface area contributed by atoms with Crippen molar-refractivity contribution in [2.45, 2.75) is 71.0 Å². The van der Waals surface area contributed by atoms with Crippen LogP contribution in [0.5, 0.6) is 0 Å². The van der Waals surface area contributed by atoms with Gasteiger partial charge in [0.05, 0.1) is 33.9 Å². The molecule has 0 aliphatic heterocycles. The molecule has 2 unspecified atom stereocenters. The monoisotopic (exact) mass is 599 g/mol. The molecule has 0 aliphatic carbocycles. The van der Waals surface area contributed by atoms with Crippen LogP contribution in [0.1, 0.15) is 58.8 Å². The highest BCUT2D eigenvalue weighted by molar-refractivity contribution is 7.45. The van der Waals surface area contributed by atoms with E-state index in [9.17, 15) is 24.2 Å². The molecule has 0 bridgehead atoms. The molecule has 41 heavy (non-hydrogen) atoms. The number of carbonyl (C=O) groups is 2. The zero-order valence-electron chi connectivity index (χ0n) is 25.3. The Kier molecular flexibility index (Phi) is 21.9. The molecule has 0 aromatic heterocycles. The van der Waals surface area contributed by atoms with Crippen molar-refractivity contribution in [3.8, 4) is 0 Å². The quantitative estimate of drug-likeness (QED) is 0.0448. The fraction of sp³-hybridized carbons (Fsp3) is 0.600. The fourth-order valence-electron chi connectivity index (χ4n) is 3.00. The van der Waals surface area contributed by atoms with E-state index in [0.29, 0.717) is 30.3 Å². The van der Waals surface area contributed by atoms with Gasteiger partial charge in [-0.3, -0.25) is 14.2 Å². The Morgan fingerprint density at radius 1 is 0.951 bits per heavy atom. The maximum Gasteiger partial charge on any atom is 0.305 e. The number of unbranched alkanes of at least 4 members (excludes halogenated alkanes) is 1. The Morgan fingerprint density at radius 3 is 2.27 bits per heavy atom. The third kappa shape index (κ3) is 27.6. The van der Waals surface area contributed by atoms with Gasteiger partial charge >= 0.3 is 11.9 Å². The Bertz CT molecular complexity index is 919. The first-order valence-corrected chi connectivity index (χ1v) is 15.5. The zero-order valence-corrected chi connectivity index (χ0v) is 26.2. The van der Waals surface area contributed by atoms with Crippen molar-refractivity contribution in [1.29, 1.82) is 0 Å². The first-order chi connectivity index (χ1) is 19.3. The van der Waals surface area contributed by atoms with Gasteiger partial charge in [-0.25, -0.2) is 0 Å². The number of hydrogen-bond acceptors (Lipinski definition) is 9. The van der Waals surface area contributed by atoms with Crippen molar-refractivity contribution in [2.24, 2.45) is 0 Å². The van der Waals surface area contributed by atoms with Crippen molar-refractivity contribution in [3.63, 3.8) is 0 Å². The lowest BCUT2D eigenvalue weighted by molar-refractivity contribution is -0.870. The smallest absolute Gasteiger partial charge is 0.305 e. The molecule has 234 valence electrons. The number of nitrogens with zero attached hydrogens (tertiary/aromatic N) is 1. The predicted molar refractivity (Wildman–Crippen MR) is 159 cm³/mol. The van der Waals surface area contributed by atoms with Crippen molar-refractivity contribution >= 4 is 19.8 Å². The van der Waals surface area contributed by atoms with Gasteiger partial charge < -0.3 is 33.0 Å². The van der Waals surface area contributed by atoms with E-state index in [4.69, 9.17) is 18.5 Å². The topological polar surface area (TPSA) is 131 Å². The van der Waals surface area contributed by atoms with E-state index in [1.54, 1.807) is 6.08 Å². The highest BCUT2D eigenvalue weighted by atomic mass is 31.2. The molecule has 0 rings (SSSR count). The van der Waals surface area contributed by atoms with Crippen LogP contribution in [0, 0.1) is 0 Å². The van der Waals surface area contributed by atoms with E-state index >= 15 is 0 Å². The van der Waals surface area contributed by atoms with E-state index in [2.05, 4.69) is 12.2 Å². The number of aliphatic hydroxyl groups is 1. The van der Waals surface area contributed by atoms with Crippen LogP contribution in [0.25, 0.3) is 0 Å². The highest BCUT2D eigenvalue weighted by Gasteiger charge is 2.20. The van der Waals surface area contributed by atoms with Crippen LogP contribution < -0.4 is 4.89 Å². The average molecular weight is 600 g/mol. The number of rotatable bonds is 23. The van der Waals surface area contributed by atoms with Crippen LogP contribution in [-0.2, 0) is 32.7 Å². The molecule has 0 fully saturated rings. The summed E-state index contributed by atoms with van der Waals surface area (Å²) in [4.78, 5) is 35.3. The molecule has 0 aliphatic rings. The molecule has 0 saturated heterocycles. The minimum absolute atomic E-state index is 0.0533. The van der Waals surface area contributed by atoms with Crippen LogP contribution in [0.4, 0.5) is 0 Å². The summed E-state index contributed by atoms with van der Waals surface area (Å²) in [5, 5.41) is 9.69. The maximum absolute atomic E-state index is 12.0. The second-order valence-electron chi connectivity index (χ2n) is 10.3. The molecule has 0 spiro atoms. The van der Waals surface area contributed by atoms with Crippen molar-refractivity contribution < 1.29 is 47.2 Å². The standard InChI is InChI=1S/C30H50NO9P/c1-6-7-20-28(33)21-18-16-14-12-10-8-9-11-13-15-17-19-22-30(34)37-25-29(40-27(2)32)26-39-41(35,36)38-24-23-31(3,4)5/h7-9,12-16,18,20,28-29,33H,6,10-11,17,19,21-26H2,1-5H3/b9-8-,14-12-,15-13-,18-16+,20-7-/t28?,29-/m1/s1. The Morgan fingerprint density at radius 2 is 1.61 bits per heavy atom. The predicted octanol–water partition coefficient (Wildman–Crippen LogP) is 4.56. The van der Waals surface area contributed by atoms with E-state index < -0.39 is 38.6 Å². The highest BCUT2D eigenvalue weighted by Crippen LogP contribution is 2.38. The van der Waals surface area contributed by atoms with Crippen LogP contribution in [0.3, 0.4) is 0 Å². The Hall–Kier alpha value is -2.33. The van der Waals surface area contributed by atoms with Gasteiger partial charge in [0.2, 0.25) is 0 Å². The Labute approximate surface area is 246 Å². The van der Waals surface area contributed by atoms with Gasteiger partial charge in [-0.2, -0.15) is 0 Å². The largest absolute Gasteiger partial charge is 0.756 e. The lowest BCUT2D eigenvalue weighted by Crippen LogP contribution is -2.37. The fourth-order valence-corrected chi connectivity index (χ4v) is 3.73. The number of likely N-dealkylation sites (N-methyl/N-ethyl adjacent to an activating group) is 1. The number of hydrogen-bond donors (Lipinski definition) is 1. The molecule has 0 aromatic rings. The number of phosphoric ester groups is 1. The maximum atomic E-state index is 12.0. The third-order valence-corrected chi connectivity index (χ3v) is 6.14. The minimum atomic E-state index is -4.59. The Balaban J connectivity index is 4.14. The number of carbonyl (C=O) groups excluding carboxylic acids is 2. The van der Waals surface area contributed by atoms with Gasteiger partial charge in [-0.05, 0) is 38.5 Å². The molecule has 3 atom stereocenters. The number of phosphoric acid groups is 1. The van der Waals surface area contributed by atoms with Crippen LogP contribution >= 0.6 is 7.82 Å². The normalized spacial score (nSPS) is 15.8. The van der Waals surface area contributed by atoms with Gasteiger partial charge in [0.15, 0.2) is 6.10 Å². The second-order valence-corrected chi connectivity index (χ2v) is 11.7. The van der Waals surface area contributed by atoms with Crippen LogP contribution in [-0.4, -0.2) is 81.2 Å². The summed E-state index contributed by atoms with van der Waals surface area (Å²) in [6.07, 6.45) is 22.9. The molecule has 0 aromatic carbocycles. The van der Waals surface area contributed by atoms with Crippen LogP contribution in [0.15, 0.2) is 60.8 Å². The van der Waals surface area contributed by atoms with E-state index in [0.717, 1.165) is 19.3 Å². The number of aliphatic hydroxyl groups excluding tert-OH is 1. The molecular formula is C30H50NO9P. The second kappa shape index (κ2) is 23.3. The molecule has 0 saturated carbocycles. The van der Waals surface area contributed by atoms with Crippen molar-refractivity contribution in [3.05, 3.63) is 60.8 Å². The summed E-state index contributed by atoms with van der Waals surface area (Å²) in [6, 6.07) is 0. The van der Waals surface area contributed by atoms with Crippen LogP contribution in [0.2, 0.25) is 0 Å². The molecule has 0 amide bonds. The van der Waals surface area contributed by atoms with Gasteiger partial charge in [-0.1, -0.05) is 67.7 Å². The van der Waals surface area contributed by atoms with E-state index in [-0.39, 0.29) is 19.6 Å². The number of esters is 2. The summed E-state index contributed by atoms with van der Waals surface area (Å²) in [5.74, 6) is -1.13. The molecule has 11 heteroatoms. The summed E-state index contributed by atoms with van der Waals surface area (Å²) >= 11 is 0. The third-order valence-electron chi connectivity index (χ3n) is 5.18. The van der Waals surface area contributed by atoms with E-state index in [1.165, 1.54) is 6.92 Å². The van der Waals surface area contributed by atoms with Gasteiger partial charge in [0, 0.05) is 13.3 Å². The van der Waals surface area contributed by atoms with Crippen molar-refractivity contribution in [1.82, 2.24) is 0 Å². The molecular weight excluding hydrogens is 549 g/mol. The molecule has 0 heterocycles. The van der Waals surface area contributed by atoms with Gasteiger partial charge in [0.25, 0.3) is 7.82 Å². The first-order valence-electron chi connectivity index (χ1n) is 14.0. The summed E-state index contributed by atoms with van der Waals surface area (Å²) < 4.78 is 32.2. The summed E-state index contributed by atoms with van der Waals surface area (Å²) in [5.41, 5.74) is 0. The van der Waals surface area contributed by atoms with Gasteiger partial charge in [0.1, 0.15) is 19.8 Å². The average Bonchev–Trinajstić information content (AvgIpc) is 2.88. The lowest BCUT2D eigenvalue weighted by atomic mass is 10.2. The van der Waals surface area contributed by atoms with Crippen molar-refractivity contribution in [2.75, 3.05) is 47.5 Å². The lowest BCUT2D eigenvalue weighted by Gasteiger charge is -2.28.